The van der Waals surface area contributed by atoms with Gasteiger partial charge in [-0.3, -0.25) is 10.2 Å². The van der Waals surface area contributed by atoms with Crippen LogP contribution in [0.4, 0.5) is 0 Å². The van der Waals surface area contributed by atoms with E-state index >= 15 is 0 Å². The Morgan fingerprint density at radius 3 is 2.62 bits per heavy atom. The highest BCUT2D eigenvalue weighted by atomic mass is 16.2. The van der Waals surface area contributed by atoms with E-state index in [9.17, 15) is 4.79 Å². The molecule has 1 heterocycles. The molecule has 0 spiro atoms. The summed E-state index contributed by atoms with van der Waals surface area (Å²) in [6.07, 6.45) is 0. The van der Waals surface area contributed by atoms with E-state index in [2.05, 4.69) is 36.2 Å². The molecular formula is C11H24N4O. The van der Waals surface area contributed by atoms with Gasteiger partial charge in [-0.15, -0.1) is 0 Å². The molecule has 0 aromatic carbocycles. The Morgan fingerprint density at radius 1 is 1.56 bits per heavy atom. The molecule has 5 heteroatoms. The third kappa shape index (κ3) is 3.17. The van der Waals surface area contributed by atoms with E-state index in [1.165, 1.54) is 0 Å². The molecule has 0 bridgehead atoms. The number of nitrogens with two attached hydrogens (primary N) is 1. The molecule has 0 radical (unpaired) electrons. The summed E-state index contributed by atoms with van der Waals surface area (Å²) in [5.74, 6) is 5.65. The highest BCUT2D eigenvalue weighted by Gasteiger charge is 2.32. The van der Waals surface area contributed by atoms with Gasteiger partial charge in [-0.2, -0.15) is 0 Å². The van der Waals surface area contributed by atoms with Gasteiger partial charge in [-0.25, -0.2) is 5.84 Å². The van der Waals surface area contributed by atoms with Crippen LogP contribution in [0.15, 0.2) is 0 Å². The molecule has 0 aromatic rings. The van der Waals surface area contributed by atoms with Gasteiger partial charge >= 0.3 is 0 Å². The van der Waals surface area contributed by atoms with Crippen LogP contribution in [0.2, 0.25) is 0 Å². The molecule has 16 heavy (non-hydrogen) atoms. The second kappa shape index (κ2) is 5.61. The zero-order valence-corrected chi connectivity index (χ0v) is 10.7. The van der Waals surface area contributed by atoms with E-state index in [0.717, 1.165) is 19.6 Å². The summed E-state index contributed by atoms with van der Waals surface area (Å²) in [5.41, 5.74) is 2.21. The number of hydrogen-bond acceptors (Lipinski definition) is 4. The summed E-state index contributed by atoms with van der Waals surface area (Å²) < 4.78 is 0. The van der Waals surface area contributed by atoms with Crippen LogP contribution in [0.5, 0.6) is 0 Å². The Hall–Kier alpha value is -0.650. The molecule has 3 unspecified atom stereocenters. The molecule has 5 nitrogen and oxygen atoms in total. The number of likely N-dealkylation sites (tertiary alicyclic amines) is 1. The van der Waals surface area contributed by atoms with Gasteiger partial charge in [0.15, 0.2) is 0 Å². The Kier molecular flexibility index (Phi) is 4.70. The predicted octanol–water partition coefficient (Wildman–Crippen LogP) is -0.506. The number of carbonyl (C=O) groups excluding carboxylic acids is 1. The molecular weight excluding hydrogens is 204 g/mol. The largest absolute Gasteiger partial charge is 0.305 e. The van der Waals surface area contributed by atoms with Crippen LogP contribution in [0, 0.1) is 11.8 Å². The summed E-state index contributed by atoms with van der Waals surface area (Å²) in [6.45, 7) is 7.06. The normalized spacial score (nSPS) is 28.4. The Bertz CT molecular complexity index is 244. The number of nitrogens with one attached hydrogen (secondary N) is 1. The smallest absolute Gasteiger partial charge is 0.237 e. The van der Waals surface area contributed by atoms with Crippen molar-refractivity contribution in [2.24, 2.45) is 17.7 Å². The van der Waals surface area contributed by atoms with E-state index in [0.29, 0.717) is 12.0 Å². The molecule has 0 saturated carbocycles. The van der Waals surface area contributed by atoms with E-state index < -0.39 is 0 Å². The van der Waals surface area contributed by atoms with E-state index in [-0.39, 0.29) is 11.8 Å². The highest BCUT2D eigenvalue weighted by Crippen LogP contribution is 2.20. The van der Waals surface area contributed by atoms with Gasteiger partial charge in [0.2, 0.25) is 5.91 Å². The summed E-state index contributed by atoms with van der Waals surface area (Å²) in [4.78, 5) is 15.9. The molecule has 1 fully saturated rings. The Balaban J connectivity index is 2.44. The van der Waals surface area contributed by atoms with E-state index in [1.54, 1.807) is 0 Å². The monoisotopic (exact) mass is 228 g/mol. The minimum absolute atomic E-state index is 0.0434. The van der Waals surface area contributed by atoms with Crippen molar-refractivity contribution in [1.82, 2.24) is 15.2 Å². The molecule has 3 atom stereocenters. The van der Waals surface area contributed by atoms with Crippen LogP contribution >= 0.6 is 0 Å². The zero-order chi connectivity index (χ0) is 12.3. The van der Waals surface area contributed by atoms with E-state index in [4.69, 9.17) is 5.84 Å². The fourth-order valence-electron chi connectivity index (χ4n) is 2.48. The SMILES string of the molecule is CC(CN1CC(C)C(N(C)C)C1)C(=O)NN. The van der Waals surface area contributed by atoms with Crippen molar-refractivity contribution in [3.8, 4) is 0 Å². The first kappa shape index (κ1) is 13.4. The van der Waals surface area contributed by atoms with Crippen LogP contribution in [0.3, 0.4) is 0 Å². The van der Waals surface area contributed by atoms with Gasteiger partial charge in [0.1, 0.15) is 0 Å². The van der Waals surface area contributed by atoms with Crippen molar-refractivity contribution in [2.45, 2.75) is 19.9 Å². The minimum atomic E-state index is -0.0824. The van der Waals surface area contributed by atoms with Crippen molar-refractivity contribution >= 4 is 5.91 Å². The van der Waals surface area contributed by atoms with Crippen molar-refractivity contribution in [3.05, 3.63) is 0 Å². The number of amides is 1. The van der Waals surface area contributed by atoms with Gasteiger partial charge < -0.3 is 9.80 Å². The van der Waals surface area contributed by atoms with Crippen molar-refractivity contribution in [1.29, 1.82) is 0 Å². The number of nitrogens with zero attached hydrogens (tertiary/aromatic N) is 2. The summed E-state index contributed by atoms with van der Waals surface area (Å²) in [5, 5.41) is 0. The number of carbonyl (C=O) groups is 1. The summed E-state index contributed by atoms with van der Waals surface area (Å²) in [6, 6.07) is 0.591. The lowest BCUT2D eigenvalue weighted by Gasteiger charge is -2.23. The molecule has 1 aliphatic rings. The average molecular weight is 228 g/mol. The number of hydrazine groups is 1. The van der Waals surface area contributed by atoms with Crippen LogP contribution in [0.1, 0.15) is 13.8 Å². The van der Waals surface area contributed by atoms with Crippen LogP contribution in [0.25, 0.3) is 0 Å². The second-order valence-electron chi connectivity index (χ2n) is 5.14. The number of likely N-dealkylation sites (N-methyl/N-ethyl adjacent to an activating group) is 1. The van der Waals surface area contributed by atoms with Gasteiger partial charge in [0.25, 0.3) is 0 Å². The fourth-order valence-corrected chi connectivity index (χ4v) is 2.48. The summed E-state index contributed by atoms with van der Waals surface area (Å²) >= 11 is 0. The average Bonchev–Trinajstić information content (AvgIpc) is 2.58. The molecule has 0 aromatic heterocycles. The number of hydrogen-bond donors (Lipinski definition) is 2. The fraction of sp³-hybridized carbons (Fsp3) is 0.909. The van der Waals surface area contributed by atoms with Gasteiger partial charge in [-0.05, 0) is 20.0 Å². The number of rotatable bonds is 4. The molecule has 1 aliphatic heterocycles. The third-order valence-corrected chi connectivity index (χ3v) is 3.43. The Morgan fingerprint density at radius 2 is 2.19 bits per heavy atom. The first-order valence-electron chi connectivity index (χ1n) is 5.85. The van der Waals surface area contributed by atoms with Crippen LogP contribution < -0.4 is 11.3 Å². The topological polar surface area (TPSA) is 61.6 Å². The first-order valence-corrected chi connectivity index (χ1v) is 5.85. The van der Waals surface area contributed by atoms with Crippen LogP contribution in [-0.2, 0) is 4.79 Å². The highest BCUT2D eigenvalue weighted by molar-refractivity contribution is 5.77. The maximum absolute atomic E-state index is 11.3. The lowest BCUT2D eigenvalue weighted by molar-refractivity contribution is -0.125. The molecule has 94 valence electrons. The maximum Gasteiger partial charge on any atom is 0.237 e. The standard InChI is InChI=1S/C11H24N4O/c1-8-5-15(7-10(8)14(3)4)6-9(2)11(16)13-12/h8-10H,5-7,12H2,1-4H3,(H,13,16). The predicted molar refractivity (Wildman–Crippen MR) is 64.6 cm³/mol. The first-order chi connectivity index (χ1) is 7.45. The summed E-state index contributed by atoms with van der Waals surface area (Å²) in [7, 11) is 4.22. The minimum Gasteiger partial charge on any atom is -0.305 e. The van der Waals surface area contributed by atoms with Gasteiger partial charge in [-0.1, -0.05) is 13.8 Å². The Labute approximate surface area is 97.9 Å². The zero-order valence-electron chi connectivity index (χ0n) is 10.7. The lowest BCUT2D eigenvalue weighted by atomic mass is 10.1. The third-order valence-electron chi connectivity index (χ3n) is 3.43. The van der Waals surface area contributed by atoms with E-state index in [1.807, 2.05) is 6.92 Å². The molecule has 3 N–H and O–H groups in total. The molecule has 1 amide bonds. The maximum atomic E-state index is 11.3. The van der Waals surface area contributed by atoms with Crippen molar-refractivity contribution < 1.29 is 4.79 Å². The van der Waals surface area contributed by atoms with Crippen molar-refractivity contribution in [2.75, 3.05) is 33.7 Å². The van der Waals surface area contributed by atoms with Crippen molar-refractivity contribution in [3.63, 3.8) is 0 Å². The second-order valence-corrected chi connectivity index (χ2v) is 5.14. The molecule has 0 aliphatic carbocycles. The lowest BCUT2D eigenvalue weighted by Crippen LogP contribution is -2.40. The van der Waals surface area contributed by atoms with Gasteiger partial charge in [0, 0.05) is 31.6 Å². The quantitative estimate of drug-likeness (QED) is 0.387. The molecule has 1 saturated heterocycles. The van der Waals surface area contributed by atoms with Gasteiger partial charge in [0.05, 0.1) is 0 Å². The molecule has 1 rings (SSSR count). The van der Waals surface area contributed by atoms with Crippen LogP contribution in [-0.4, -0.2) is 55.5 Å².